The normalized spacial score (nSPS) is 16.2. The van der Waals surface area contributed by atoms with Crippen LogP contribution >= 0.6 is 0 Å². The summed E-state index contributed by atoms with van der Waals surface area (Å²) in [6, 6.07) is 24.0. The molecular formula is C63H61N4Pt-3. The van der Waals surface area contributed by atoms with Crippen LogP contribution in [0.1, 0.15) is 123 Å². The summed E-state index contributed by atoms with van der Waals surface area (Å²) in [4.78, 5) is 8.54. The third-order valence-electron chi connectivity index (χ3n) is 12.9. The number of hydrogen-bond donors (Lipinski definition) is 0. The number of benzene rings is 7. The number of fused-ring (bicyclic) bond motifs is 4. The fourth-order valence-corrected chi connectivity index (χ4v) is 8.80. The summed E-state index contributed by atoms with van der Waals surface area (Å²) >= 11 is 0. The Morgan fingerprint density at radius 2 is 1.09 bits per heavy atom. The van der Waals surface area contributed by atoms with E-state index in [9.17, 15) is 6.85 Å². The van der Waals surface area contributed by atoms with Crippen molar-refractivity contribution in [3.63, 3.8) is 0 Å². The van der Waals surface area contributed by atoms with Crippen molar-refractivity contribution in [2.45, 2.75) is 97.8 Å². The van der Waals surface area contributed by atoms with Crippen molar-refractivity contribution in [2.75, 3.05) is 9.80 Å². The Balaban J connectivity index is 0.00000810. The summed E-state index contributed by atoms with van der Waals surface area (Å²) in [5, 5.41) is 0.936. The van der Waals surface area contributed by atoms with E-state index in [1.54, 1.807) is 34.5 Å². The first-order chi connectivity index (χ1) is 37.7. The standard InChI is InChI=1S/C63H61N4.Pt/c1-60(2,3)44-32-33-64-58(40-44)67-54-27-19-18-26-50(54)51-31-30-45(39-57(51)67)63(10,11)48-34-46(61(4,5)6)35-49(36-48)65-41-66(56-29-21-20-28-55(56)65)59-52(42-22-14-12-15-23-42)37-47(62(7,8)9)38-53(59)43-24-16-13-17-25-43;/h12-35,37-38,40-41H,1-11H3;/q-3;/i12D,13D,14D,15D,16D,17D,18D,19D,22D,23D,24D,25D,26D,27D;. The minimum Gasteiger partial charge on any atom is -0.493 e. The maximum atomic E-state index is 9.36. The molecule has 2 aromatic heterocycles. The fourth-order valence-electron chi connectivity index (χ4n) is 8.80. The molecule has 10 rings (SSSR count). The van der Waals surface area contributed by atoms with Gasteiger partial charge in [0.05, 0.1) is 19.2 Å². The van der Waals surface area contributed by atoms with E-state index in [2.05, 4.69) is 73.6 Å². The summed E-state index contributed by atoms with van der Waals surface area (Å²) in [7, 11) is 0. The molecule has 0 aliphatic carbocycles. The Kier molecular flexibility index (Phi) is 8.31. The predicted octanol–water partition coefficient (Wildman–Crippen LogP) is 16.7. The first-order valence-electron chi connectivity index (χ1n) is 29.6. The summed E-state index contributed by atoms with van der Waals surface area (Å²) in [6.07, 6.45) is 1.71. The second-order valence-electron chi connectivity index (χ2n) is 20.9. The van der Waals surface area contributed by atoms with Gasteiger partial charge in [-0.15, -0.1) is 23.8 Å². The molecule has 68 heavy (non-hydrogen) atoms. The molecule has 0 amide bonds. The van der Waals surface area contributed by atoms with Gasteiger partial charge in [-0.2, -0.15) is 47.0 Å². The number of anilines is 4. The van der Waals surface area contributed by atoms with Crippen LogP contribution in [0.15, 0.2) is 164 Å². The van der Waals surface area contributed by atoms with Crippen molar-refractivity contribution < 1.29 is 40.3 Å². The van der Waals surface area contributed by atoms with Crippen LogP contribution in [0.25, 0.3) is 49.9 Å². The van der Waals surface area contributed by atoms with Gasteiger partial charge in [0.1, 0.15) is 5.82 Å². The third kappa shape index (κ3) is 8.40. The van der Waals surface area contributed by atoms with Crippen molar-refractivity contribution >= 4 is 44.6 Å². The Hall–Kier alpha value is -6.22. The van der Waals surface area contributed by atoms with Crippen molar-refractivity contribution in [1.82, 2.24) is 9.55 Å². The monoisotopic (exact) mass is 1080 g/mol. The second-order valence-corrected chi connectivity index (χ2v) is 20.9. The third-order valence-corrected chi connectivity index (χ3v) is 12.9. The molecule has 1 aliphatic rings. The molecule has 0 bridgehead atoms. The largest absolute Gasteiger partial charge is 0.493 e. The van der Waals surface area contributed by atoms with Crippen LogP contribution in [0, 0.1) is 18.8 Å². The van der Waals surface area contributed by atoms with Crippen LogP contribution < -0.4 is 9.80 Å². The topological polar surface area (TPSA) is 24.3 Å². The minimum absolute atomic E-state index is 0. The fraction of sp³-hybridized carbons (Fsp3) is 0.238. The SMILES string of the molecule is [2H]c1c([2H])c([2H])c(-c2cc(C(C)(C)C)cc(-c3c([2H])c([2H])c([2H])c([2H])c3[2H])c2N2[CH-]N(c3[c-]c(C(C)(C)c4[c-]c5c(cc4)c4c([2H])c([2H])c([2H])c([2H])c4n5-c4cc(C(C)(C)C)ccn4)cc(C(C)(C)C)c3)c3ccccc32)c([2H])c1[2H].[Pt]. The van der Waals surface area contributed by atoms with E-state index in [-0.39, 0.29) is 84.1 Å². The Bertz CT molecular complexity index is 4000. The Morgan fingerprint density at radius 1 is 0.529 bits per heavy atom. The van der Waals surface area contributed by atoms with Crippen LogP contribution in [0.2, 0.25) is 0 Å². The van der Waals surface area contributed by atoms with Gasteiger partial charge in [-0.05, 0) is 91.7 Å². The molecule has 0 unspecified atom stereocenters. The number of rotatable bonds is 7. The molecule has 1 aliphatic heterocycles. The smallest absolute Gasteiger partial charge is 0.135 e. The van der Waals surface area contributed by atoms with Crippen LogP contribution in [-0.4, -0.2) is 9.55 Å². The van der Waals surface area contributed by atoms with Crippen molar-refractivity contribution in [3.05, 3.63) is 210 Å². The van der Waals surface area contributed by atoms with Gasteiger partial charge in [0.25, 0.3) is 0 Å². The summed E-state index contributed by atoms with van der Waals surface area (Å²) in [6.45, 7) is 24.4. The maximum absolute atomic E-state index is 9.36. The Labute approximate surface area is 438 Å². The van der Waals surface area contributed by atoms with E-state index in [0.717, 1.165) is 22.3 Å². The molecule has 0 spiro atoms. The first-order valence-corrected chi connectivity index (χ1v) is 22.6. The van der Waals surface area contributed by atoms with Crippen molar-refractivity contribution in [3.8, 4) is 28.1 Å². The van der Waals surface area contributed by atoms with Gasteiger partial charge >= 0.3 is 0 Å². The maximum Gasteiger partial charge on any atom is 0.135 e. The zero-order valence-electron chi connectivity index (χ0n) is 54.2. The summed E-state index contributed by atoms with van der Waals surface area (Å²) in [5.74, 6) is 0.479. The van der Waals surface area contributed by atoms with Crippen LogP contribution in [-0.2, 0) is 42.7 Å². The average Bonchev–Trinajstić information content (AvgIpc) is 1.82. The number of hydrogen-bond acceptors (Lipinski definition) is 3. The van der Waals surface area contributed by atoms with Gasteiger partial charge in [0.15, 0.2) is 0 Å². The van der Waals surface area contributed by atoms with Crippen molar-refractivity contribution in [2.24, 2.45) is 0 Å². The van der Waals surface area contributed by atoms with E-state index < -0.39 is 76.7 Å². The van der Waals surface area contributed by atoms with E-state index >= 15 is 0 Å². The van der Waals surface area contributed by atoms with Gasteiger partial charge < -0.3 is 14.4 Å². The molecule has 7 aromatic carbocycles. The molecular weight excluding hydrogens is 1010 g/mol. The molecule has 5 heteroatoms. The van der Waals surface area contributed by atoms with Gasteiger partial charge in [-0.25, -0.2) is 4.98 Å². The zero-order chi connectivity index (χ0) is 59.2. The molecule has 0 N–H and O–H groups in total. The van der Waals surface area contributed by atoms with Gasteiger partial charge in [0.2, 0.25) is 0 Å². The summed E-state index contributed by atoms with van der Waals surface area (Å²) < 4.78 is 127. The molecule has 346 valence electrons. The molecule has 9 aromatic rings. The number of para-hydroxylation sites is 3. The van der Waals surface area contributed by atoms with Crippen LogP contribution in [0.5, 0.6) is 0 Å². The van der Waals surface area contributed by atoms with E-state index in [4.69, 9.17) is 17.3 Å². The number of nitrogens with zero attached hydrogens (tertiary/aromatic N) is 4. The molecule has 0 fully saturated rings. The van der Waals surface area contributed by atoms with E-state index in [0.29, 0.717) is 44.7 Å². The van der Waals surface area contributed by atoms with Gasteiger partial charge in [-0.3, -0.25) is 0 Å². The quantitative estimate of drug-likeness (QED) is 0.149. The second kappa shape index (κ2) is 17.4. The summed E-state index contributed by atoms with van der Waals surface area (Å²) in [5.41, 5.74) is 4.76. The van der Waals surface area contributed by atoms with Crippen molar-refractivity contribution in [1.29, 1.82) is 0 Å². The van der Waals surface area contributed by atoms with Crippen LogP contribution in [0.4, 0.5) is 22.7 Å². The first kappa shape index (κ1) is 32.5. The molecule has 4 nitrogen and oxygen atoms in total. The van der Waals surface area contributed by atoms with E-state index in [1.807, 2.05) is 80.3 Å². The minimum atomic E-state index is -0.870. The molecule has 0 radical (unpaired) electrons. The molecule has 0 saturated heterocycles. The van der Waals surface area contributed by atoms with E-state index in [1.165, 1.54) is 0 Å². The molecule has 0 atom stereocenters. The average molecular weight is 1080 g/mol. The predicted molar refractivity (Wildman–Crippen MR) is 283 cm³/mol. The number of pyridine rings is 1. The number of aromatic nitrogens is 2. The Morgan fingerprint density at radius 3 is 1.69 bits per heavy atom. The molecule has 3 heterocycles. The van der Waals surface area contributed by atoms with Crippen LogP contribution in [0.3, 0.4) is 0 Å². The zero-order valence-corrected chi connectivity index (χ0v) is 42.5. The molecule has 0 saturated carbocycles. The van der Waals surface area contributed by atoms with Gasteiger partial charge in [0, 0.05) is 61.0 Å². The van der Waals surface area contributed by atoms with Gasteiger partial charge in [-0.1, -0.05) is 172 Å².